The third kappa shape index (κ3) is 2.98. The first-order valence-corrected chi connectivity index (χ1v) is 7.58. The molecule has 0 spiro atoms. The Kier molecular flexibility index (Phi) is 3.83. The summed E-state index contributed by atoms with van der Waals surface area (Å²) in [7, 11) is -3.11. The van der Waals surface area contributed by atoms with Crippen LogP contribution in [0.5, 0.6) is 0 Å². The molecular formula is C9H17N5O3S. The van der Waals surface area contributed by atoms with Crippen molar-refractivity contribution >= 4 is 16.0 Å². The molecule has 0 aromatic carbocycles. The molecule has 0 bridgehead atoms. The Hall–Kier alpha value is -1.19. The Morgan fingerprint density at radius 3 is 2.50 bits per heavy atom. The van der Waals surface area contributed by atoms with Gasteiger partial charge in [-0.3, -0.25) is 0 Å². The van der Waals surface area contributed by atoms with Crippen LogP contribution in [0, 0.1) is 0 Å². The van der Waals surface area contributed by atoms with Crippen molar-refractivity contribution in [3.8, 4) is 0 Å². The average Bonchev–Trinajstić information content (AvgIpc) is 2.77. The van der Waals surface area contributed by atoms with Crippen molar-refractivity contribution in [2.45, 2.75) is 6.42 Å². The summed E-state index contributed by atoms with van der Waals surface area (Å²) >= 11 is 0. The van der Waals surface area contributed by atoms with Crippen LogP contribution in [0.25, 0.3) is 0 Å². The molecule has 0 aliphatic carbocycles. The summed E-state index contributed by atoms with van der Waals surface area (Å²) in [5.74, 6) is 0.512. The van der Waals surface area contributed by atoms with Gasteiger partial charge < -0.3 is 15.1 Å². The van der Waals surface area contributed by atoms with Crippen LogP contribution in [-0.4, -0.2) is 61.9 Å². The van der Waals surface area contributed by atoms with Crippen molar-refractivity contribution in [3.05, 3.63) is 5.89 Å². The fourth-order valence-corrected chi connectivity index (χ4v) is 2.63. The van der Waals surface area contributed by atoms with Crippen molar-refractivity contribution < 1.29 is 12.8 Å². The van der Waals surface area contributed by atoms with E-state index >= 15 is 0 Å². The summed E-state index contributed by atoms with van der Waals surface area (Å²) in [6, 6.07) is 0.437. The number of hydrogen-bond acceptors (Lipinski definition) is 7. The fourth-order valence-electron chi connectivity index (χ4n) is 1.81. The predicted molar refractivity (Wildman–Crippen MR) is 65.7 cm³/mol. The molecule has 102 valence electrons. The maximum absolute atomic E-state index is 11.4. The quantitative estimate of drug-likeness (QED) is 0.724. The van der Waals surface area contributed by atoms with Crippen molar-refractivity contribution in [2.24, 2.45) is 5.73 Å². The second-order valence-corrected chi connectivity index (χ2v) is 6.15. The van der Waals surface area contributed by atoms with E-state index in [9.17, 15) is 8.42 Å². The summed E-state index contributed by atoms with van der Waals surface area (Å²) in [6.07, 6.45) is 1.77. The van der Waals surface area contributed by atoms with Gasteiger partial charge in [0.25, 0.3) is 0 Å². The van der Waals surface area contributed by atoms with Crippen LogP contribution in [0.3, 0.4) is 0 Å². The van der Waals surface area contributed by atoms with Gasteiger partial charge in [-0.25, -0.2) is 8.42 Å². The zero-order valence-electron chi connectivity index (χ0n) is 10.2. The number of hydrogen-bond donors (Lipinski definition) is 1. The van der Waals surface area contributed by atoms with Crippen LogP contribution in [0.15, 0.2) is 4.42 Å². The maximum Gasteiger partial charge on any atom is 0.318 e. The minimum atomic E-state index is -3.11. The van der Waals surface area contributed by atoms with Gasteiger partial charge in [0, 0.05) is 39.1 Å². The normalized spacial score (nSPS) is 18.2. The summed E-state index contributed by atoms with van der Waals surface area (Å²) < 4.78 is 29.6. The number of aromatic nitrogens is 2. The molecule has 8 nitrogen and oxygen atoms in total. The molecule has 1 fully saturated rings. The summed E-state index contributed by atoms with van der Waals surface area (Å²) in [6.45, 7) is 2.44. The van der Waals surface area contributed by atoms with Crippen LogP contribution < -0.4 is 10.6 Å². The first-order valence-electron chi connectivity index (χ1n) is 5.73. The third-order valence-electron chi connectivity index (χ3n) is 2.79. The highest BCUT2D eigenvalue weighted by Crippen LogP contribution is 2.15. The van der Waals surface area contributed by atoms with Crippen LogP contribution in [0.4, 0.5) is 6.01 Å². The summed E-state index contributed by atoms with van der Waals surface area (Å²) in [5, 5.41) is 7.81. The Labute approximate surface area is 106 Å². The molecule has 1 aliphatic heterocycles. The molecule has 0 unspecified atom stereocenters. The first-order chi connectivity index (χ1) is 8.50. The van der Waals surface area contributed by atoms with Crippen LogP contribution in [0.2, 0.25) is 0 Å². The highest BCUT2D eigenvalue weighted by Gasteiger charge is 2.25. The number of nitrogens with two attached hydrogens (primary N) is 1. The second kappa shape index (κ2) is 5.21. The summed E-state index contributed by atoms with van der Waals surface area (Å²) in [5.41, 5.74) is 5.40. The topological polar surface area (TPSA) is 106 Å². The molecule has 0 saturated carbocycles. The van der Waals surface area contributed by atoms with Crippen molar-refractivity contribution in [1.82, 2.24) is 14.5 Å². The van der Waals surface area contributed by atoms with Gasteiger partial charge in [0.05, 0.1) is 6.26 Å². The van der Waals surface area contributed by atoms with Gasteiger partial charge in [-0.1, -0.05) is 5.10 Å². The highest BCUT2D eigenvalue weighted by molar-refractivity contribution is 7.88. The van der Waals surface area contributed by atoms with E-state index in [1.165, 1.54) is 10.6 Å². The second-order valence-electron chi connectivity index (χ2n) is 4.17. The predicted octanol–water partition coefficient (Wildman–Crippen LogP) is -1.35. The molecule has 1 saturated heterocycles. The molecule has 0 atom stereocenters. The van der Waals surface area contributed by atoms with E-state index in [2.05, 4.69) is 10.2 Å². The van der Waals surface area contributed by atoms with Gasteiger partial charge in [-0.05, 0) is 0 Å². The van der Waals surface area contributed by atoms with Gasteiger partial charge in [-0.15, -0.1) is 5.10 Å². The van der Waals surface area contributed by atoms with Gasteiger partial charge >= 0.3 is 6.01 Å². The van der Waals surface area contributed by atoms with Crippen molar-refractivity contribution in [2.75, 3.05) is 43.9 Å². The zero-order valence-corrected chi connectivity index (χ0v) is 11.1. The Morgan fingerprint density at radius 1 is 1.28 bits per heavy atom. The number of anilines is 1. The van der Waals surface area contributed by atoms with Crippen molar-refractivity contribution in [1.29, 1.82) is 0 Å². The van der Waals surface area contributed by atoms with Crippen LogP contribution in [-0.2, 0) is 16.4 Å². The standard InChI is InChI=1S/C9H17N5O3S/c1-18(15,16)14-6-4-13(5-7-14)9-12-11-8(17-9)2-3-10/h2-7,10H2,1H3. The molecule has 9 heteroatoms. The molecule has 1 aromatic heterocycles. The van der Waals surface area contributed by atoms with Gasteiger partial charge in [0.1, 0.15) is 0 Å². The van der Waals surface area contributed by atoms with E-state index < -0.39 is 10.0 Å². The first kappa shape index (κ1) is 13.2. The lowest BCUT2D eigenvalue weighted by molar-refractivity contribution is 0.371. The van der Waals surface area contributed by atoms with Crippen molar-refractivity contribution in [3.63, 3.8) is 0 Å². The smallest absolute Gasteiger partial charge is 0.318 e. The van der Waals surface area contributed by atoms with Crippen LogP contribution >= 0.6 is 0 Å². The zero-order chi connectivity index (χ0) is 13.2. The van der Waals surface area contributed by atoms with E-state index in [4.69, 9.17) is 10.2 Å². The van der Waals surface area contributed by atoms with E-state index in [1.807, 2.05) is 4.90 Å². The lowest BCUT2D eigenvalue weighted by Crippen LogP contribution is -2.48. The Balaban J connectivity index is 1.96. The van der Waals surface area contributed by atoms with E-state index in [1.54, 1.807) is 0 Å². The van der Waals surface area contributed by atoms with Crippen LogP contribution in [0.1, 0.15) is 5.89 Å². The van der Waals surface area contributed by atoms with E-state index in [0.29, 0.717) is 51.0 Å². The number of nitrogens with zero attached hydrogens (tertiary/aromatic N) is 4. The van der Waals surface area contributed by atoms with E-state index in [0.717, 1.165) is 0 Å². The monoisotopic (exact) mass is 275 g/mol. The SMILES string of the molecule is CS(=O)(=O)N1CCN(c2nnc(CCN)o2)CC1. The Bertz CT molecular complexity index is 492. The molecule has 1 aromatic rings. The lowest BCUT2D eigenvalue weighted by atomic mass is 10.4. The minimum Gasteiger partial charge on any atom is -0.408 e. The molecule has 2 heterocycles. The largest absolute Gasteiger partial charge is 0.408 e. The van der Waals surface area contributed by atoms with Gasteiger partial charge in [-0.2, -0.15) is 4.31 Å². The molecule has 1 aliphatic rings. The van der Waals surface area contributed by atoms with E-state index in [-0.39, 0.29) is 0 Å². The highest BCUT2D eigenvalue weighted by atomic mass is 32.2. The number of rotatable bonds is 4. The molecule has 0 amide bonds. The third-order valence-corrected chi connectivity index (χ3v) is 4.10. The average molecular weight is 275 g/mol. The van der Waals surface area contributed by atoms with Gasteiger partial charge in [0.2, 0.25) is 15.9 Å². The number of piperazine rings is 1. The molecule has 2 rings (SSSR count). The number of sulfonamides is 1. The minimum absolute atomic E-state index is 0.437. The summed E-state index contributed by atoms with van der Waals surface area (Å²) in [4.78, 5) is 1.88. The molecule has 0 radical (unpaired) electrons. The molecular weight excluding hydrogens is 258 g/mol. The molecule has 18 heavy (non-hydrogen) atoms. The Morgan fingerprint density at radius 2 is 1.94 bits per heavy atom. The lowest BCUT2D eigenvalue weighted by Gasteiger charge is -2.31. The maximum atomic E-state index is 11.4. The van der Waals surface area contributed by atoms with Gasteiger partial charge in [0.15, 0.2) is 0 Å². The fraction of sp³-hybridized carbons (Fsp3) is 0.778. The molecule has 2 N–H and O–H groups in total.